The monoisotopic (exact) mass is 373 g/mol. The Morgan fingerprint density at radius 2 is 1.93 bits per heavy atom. The van der Waals surface area contributed by atoms with Crippen LogP contribution in [-0.2, 0) is 0 Å². The van der Waals surface area contributed by atoms with E-state index in [0.717, 1.165) is 27.9 Å². The summed E-state index contributed by atoms with van der Waals surface area (Å²) in [6.07, 6.45) is 0. The normalized spacial score (nSPS) is 12.0. The molecule has 0 radical (unpaired) electrons. The van der Waals surface area contributed by atoms with Crippen molar-refractivity contribution in [2.24, 2.45) is 0 Å². The number of hydrogen-bond donors (Lipinski definition) is 1. The molecule has 0 fully saturated rings. The molecule has 2 N–H and O–H groups in total. The highest BCUT2D eigenvalue weighted by molar-refractivity contribution is 5.84. The largest absolute Gasteiger partial charge is 0.368 e. The average molecular weight is 373 g/mol. The zero-order valence-corrected chi connectivity index (χ0v) is 16.1. The smallest absolute Gasteiger partial charge is 0.223 e. The van der Waals surface area contributed by atoms with Crippen molar-refractivity contribution in [3.05, 3.63) is 52.9 Å². The predicted molar refractivity (Wildman–Crippen MR) is 105 cm³/mol. The van der Waals surface area contributed by atoms with E-state index in [4.69, 9.17) is 10.3 Å². The second kappa shape index (κ2) is 6.78. The van der Waals surface area contributed by atoms with Crippen LogP contribution in [0.15, 0.2) is 28.8 Å². The Bertz CT molecular complexity index is 1220. The van der Waals surface area contributed by atoms with Crippen LogP contribution in [0.1, 0.15) is 41.5 Å². The van der Waals surface area contributed by atoms with Crippen LogP contribution in [0.5, 0.6) is 0 Å². The van der Waals surface area contributed by atoms with Crippen LogP contribution in [0.25, 0.3) is 16.7 Å². The maximum Gasteiger partial charge on any atom is 0.223 e. The van der Waals surface area contributed by atoms with Crippen molar-refractivity contribution in [1.29, 1.82) is 0 Å². The van der Waals surface area contributed by atoms with Crippen molar-refractivity contribution in [2.45, 2.75) is 33.6 Å². The molecule has 0 aliphatic carbocycles. The van der Waals surface area contributed by atoms with Gasteiger partial charge in [-0.2, -0.15) is 15.1 Å². The van der Waals surface area contributed by atoms with Gasteiger partial charge in [-0.3, -0.25) is 0 Å². The third kappa shape index (κ3) is 3.30. The van der Waals surface area contributed by atoms with E-state index in [1.54, 1.807) is 11.6 Å². The molecular formula is C20H19N7O. The number of aryl methyl sites for hydroxylation is 3. The number of aromatic nitrogens is 6. The molecule has 0 aliphatic heterocycles. The molecule has 140 valence electrons. The first-order chi connectivity index (χ1) is 13.4. The van der Waals surface area contributed by atoms with Crippen LogP contribution in [0, 0.1) is 32.6 Å². The molecule has 0 amide bonds. The summed E-state index contributed by atoms with van der Waals surface area (Å²) >= 11 is 0. The number of hydrogen-bond acceptors (Lipinski definition) is 7. The Hall–Kier alpha value is -3.73. The van der Waals surface area contributed by atoms with E-state index < -0.39 is 0 Å². The Morgan fingerprint density at radius 1 is 1.11 bits per heavy atom. The first-order valence-electron chi connectivity index (χ1n) is 8.83. The first kappa shape index (κ1) is 17.7. The number of nitrogens with zero attached hydrogens (tertiary/aromatic N) is 6. The zero-order chi connectivity index (χ0) is 19.8. The highest BCUT2D eigenvalue weighted by Gasteiger charge is 2.12. The van der Waals surface area contributed by atoms with Gasteiger partial charge in [0.2, 0.25) is 11.8 Å². The number of rotatable bonds is 2. The molecule has 28 heavy (non-hydrogen) atoms. The van der Waals surface area contributed by atoms with Crippen LogP contribution in [0.4, 0.5) is 5.95 Å². The average Bonchev–Trinajstić information content (AvgIpc) is 3.22. The summed E-state index contributed by atoms with van der Waals surface area (Å²) in [6.45, 7) is 7.53. The number of nitrogen functional groups attached to an aromatic ring is 1. The second-order valence-corrected chi connectivity index (χ2v) is 6.62. The lowest BCUT2D eigenvalue weighted by atomic mass is 10.1. The Labute approximate surface area is 161 Å². The number of fused-ring (bicyclic) bond motifs is 1. The SMILES string of the molecule is Cc1cc(-n2nc(C)c3ccc(C#C[C@H](C)c4noc(C)n4)cc32)nc(N)n1. The van der Waals surface area contributed by atoms with E-state index in [-0.39, 0.29) is 11.9 Å². The highest BCUT2D eigenvalue weighted by Crippen LogP contribution is 2.23. The molecule has 0 unspecified atom stereocenters. The molecule has 8 heteroatoms. The summed E-state index contributed by atoms with van der Waals surface area (Å²) in [5.74, 6) is 8.18. The van der Waals surface area contributed by atoms with Crippen molar-refractivity contribution in [3.8, 4) is 17.7 Å². The summed E-state index contributed by atoms with van der Waals surface area (Å²) in [5, 5.41) is 9.57. The van der Waals surface area contributed by atoms with Gasteiger partial charge in [0, 0.05) is 29.6 Å². The van der Waals surface area contributed by atoms with Crippen molar-refractivity contribution in [2.75, 3.05) is 5.73 Å². The molecule has 1 aromatic carbocycles. The van der Waals surface area contributed by atoms with Gasteiger partial charge >= 0.3 is 0 Å². The third-order valence-corrected chi connectivity index (χ3v) is 4.30. The number of anilines is 1. The molecule has 1 atom stereocenters. The van der Waals surface area contributed by atoms with Gasteiger partial charge in [-0.05, 0) is 39.0 Å². The van der Waals surface area contributed by atoms with Crippen LogP contribution in [-0.4, -0.2) is 29.9 Å². The highest BCUT2D eigenvalue weighted by atomic mass is 16.5. The minimum absolute atomic E-state index is 0.135. The summed E-state index contributed by atoms with van der Waals surface area (Å²) in [4.78, 5) is 12.7. The topological polar surface area (TPSA) is 109 Å². The second-order valence-electron chi connectivity index (χ2n) is 6.62. The van der Waals surface area contributed by atoms with Gasteiger partial charge in [0.05, 0.1) is 17.1 Å². The molecule has 0 bridgehead atoms. The van der Waals surface area contributed by atoms with Gasteiger partial charge in [-0.15, -0.1) is 0 Å². The summed E-state index contributed by atoms with van der Waals surface area (Å²) in [7, 11) is 0. The molecular weight excluding hydrogens is 354 g/mol. The van der Waals surface area contributed by atoms with Gasteiger partial charge in [0.25, 0.3) is 0 Å². The lowest BCUT2D eigenvalue weighted by Gasteiger charge is -2.05. The van der Waals surface area contributed by atoms with Crippen LogP contribution in [0.3, 0.4) is 0 Å². The van der Waals surface area contributed by atoms with Gasteiger partial charge in [-0.1, -0.05) is 17.0 Å². The zero-order valence-electron chi connectivity index (χ0n) is 16.1. The maximum absolute atomic E-state index is 5.81. The Balaban J connectivity index is 1.76. The van der Waals surface area contributed by atoms with Crippen LogP contribution in [0.2, 0.25) is 0 Å². The summed E-state index contributed by atoms with van der Waals surface area (Å²) in [5.41, 5.74) is 9.26. The lowest BCUT2D eigenvalue weighted by Crippen LogP contribution is -2.05. The molecule has 0 spiro atoms. The number of nitrogens with two attached hydrogens (primary N) is 1. The fourth-order valence-electron chi connectivity index (χ4n) is 2.95. The molecule has 3 aromatic heterocycles. The van der Waals surface area contributed by atoms with Gasteiger partial charge in [0.15, 0.2) is 11.6 Å². The van der Waals surface area contributed by atoms with Crippen molar-refractivity contribution < 1.29 is 4.52 Å². The van der Waals surface area contributed by atoms with Gasteiger partial charge in [0.1, 0.15) is 0 Å². The van der Waals surface area contributed by atoms with Crippen molar-refractivity contribution >= 4 is 16.9 Å². The first-order valence-corrected chi connectivity index (χ1v) is 8.83. The minimum Gasteiger partial charge on any atom is -0.368 e. The minimum atomic E-state index is -0.135. The molecule has 0 aliphatic rings. The van der Waals surface area contributed by atoms with Gasteiger partial charge in [-0.25, -0.2) is 9.67 Å². The summed E-state index contributed by atoms with van der Waals surface area (Å²) < 4.78 is 6.79. The molecule has 0 saturated heterocycles. The molecule has 3 heterocycles. The van der Waals surface area contributed by atoms with Gasteiger partial charge < -0.3 is 10.3 Å². The van der Waals surface area contributed by atoms with Crippen molar-refractivity contribution in [3.63, 3.8) is 0 Å². The van der Waals surface area contributed by atoms with E-state index >= 15 is 0 Å². The quantitative estimate of drug-likeness (QED) is 0.538. The lowest BCUT2D eigenvalue weighted by molar-refractivity contribution is 0.386. The van der Waals surface area contributed by atoms with E-state index in [2.05, 4.69) is 37.0 Å². The van der Waals surface area contributed by atoms with Crippen LogP contribution >= 0.6 is 0 Å². The molecule has 4 rings (SSSR count). The fourth-order valence-corrected chi connectivity index (χ4v) is 2.95. The van der Waals surface area contributed by atoms with E-state index in [1.807, 2.05) is 45.0 Å². The van der Waals surface area contributed by atoms with Crippen molar-refractivity contribution in [1.82, 2.24) is 29.9 Å². The van der Waals surface area contributed by atoms with E-state index in [0.29, 0.717) is 17.5 Å². The Kier molecular flexibility index (Phi) is 4.28. The standard InChI is InChI=1S/C20H19N7O/c1-11(19-23-14(4)28-26-19)5-6-15-7-8-16-13(3)25-27(17(16)10-15)18-9-12(2)22-20(21)24-18/h7-11H,1-4H3,(H2,21,22,24)/t11-/m0/s1. The fraction of sp³-hybridized carbons (Fsp3) is 0.250. The van der Waals surface area contributed by atoms with E-state index in [1.165, 1.54) is 0 Å². The van der Waals surface area contributed by atoms with Crippen LogP contribution < -0.4 is 5.73 Å². The summed E-state index contributed by atoms with van der Waals surface area (Å²) in [6, 6.07) is 7.83. The maximum atomic E-state index is 5.81. The predicted octanol–water partition coefficient (Wildman–Crippen LogP) is 2.86. The van der Waals surface area contributed by atoms with E-state index in [9.17, 15) is 0 Å². The Morgan fingerprint density at radius 3 is 2.64 bits per heavy atom. The third-order valence-electron chi connectivity index (χ3n) is 4.30. The molecule has 4 aromatic rings. The molecule has 0 saturated carbocycles. The number of benzene rings is 1. The molecule has 8 nitrogen and oxygen atoms in total.